The van der Waals surface area contributed by atoms with E-state index in [4.69, 9.17) is 11.6 Å². The van der Waals surface area contributed by atoms with Crippen molar-refractivity contribution in [3.8, 4) is 0 Å². The van der Waals surface area contributed by atoms with Crippen LogP contribution < -0.4 is 0 Å². The molecule has 0 saturated heterocycles. The lowest BCUT2D eigenvalue weighted by Gasteiger charge is -2.01. The highest BCUT2D eigenvalue weighted by Crippen LogP contribution is 1.95. The predicted molar refractivity (Wildman–Crippen MR) is 41.4 cm³/mol. The quantitative estimate of drug-likeness (QED) is 0.335. The molecule has 0 heterocycles. The molecular formula is C6H9ClN2. The Hall–Kier alpha value is -0.760. The lowest BCUT2D eigenvalue weighted by Crippen LogP contribution is -2.05. The number of halogens is 1. The van der Waals surface area contributed by atoms with E-state index in [1.807, 2.05) is 0 Å². The summed E-state index contributed by atoms with van der Waals surface area (Å²) in [6.45, 7) is 6.87. The first-order chi connectivity index (χ1) is 4.16. The third-order valence-corrected chi connectivity index (χ3v) is 0.766. The molecule has 0 atom stereocenters. The lowest BCUT2D eigenvalue weighted by atomic mass is 10.8. The molecule has 0 radical (unpaired) electrons. The maximum atomic E-state index is 5.33. The number of hydrogen-bond donors (Lipinski definition) is 0. The molecule has 0 aromatic rings. The van der Waals surface area contributed by atoms with Crippen LogP contribution in [0, 0.1) is 0 Å². The molecule has 0 N–H and O–H groups in total. The molecule has 0 aromatic heterocycles. The molecule has 0 aliphatic heterocycles. The summed E-state index contributed by atoms with van der Waals surface area (Å²) in [4.78, 5) is 5.37. The molecule has 2 nitrogen and oxygen atoms in total. The van der Waals surface area contributed by atoms with Crippen LogP contribution in [-0.4, -0.2) is 18.3 Å². The van der Waals surface area contributed by atoms with Crippen molar-refractivity contribution in [3.05, 3.63) is 24.5 Å². The fourth-order valence-electron chi connectivity index (χ4n) is 0.201. The topological polar surface area (TPSA) is 15.6 Å². The Morgan fingerprint density at radius 1 is 1.78 bits per heavy atom. The van der Waals surface area contributed by atoms with Gasteiger partial charge in [-0.15, -0.1) is 0 Å². The SMILES string of the molecule is C=CN(C)C=NC(=C)Cl. The van der Waals surface area contributed by atoms with E-state index in [-0.39, 0.29) is 5.16 Å². The van der Waals surface area contributed by atoms with Crippen molar-refractivity contribution in [1.82, 2.24) is 4.90 Å². The average Bonchev–Trinajstić information content (AvgIpc) is 1.83. The van der Waals surface area contributed by atoms with Gasteiger partial charge in [0, 0.05) is 7.05 Å². The van der Waals surface area contributed by atoms with Gasteiger partial charge >= 0.3 is 0 Å². The lowest BCUT2D eigenvalue weighted by molar-refractivity contribution is 0.713. The maximum absolute atomic E-state index is 5.33. The van der Waals surface area contributed by atoms with Crippen LogP contribution in [0.3, 0.4) is 0 Å². The summed E-state index contributed by atoms with van der Waals surface area (Å²) in [5, 5.41) is 0.267. The number of nitrogens with zero attached hydrogens (tertiary/aromatic N) is 2. The second-order valence-corrected chi connectivity index (χ2v) is 1.91. The van der Waals surface area contributed by atoms with Crippen LogP contribution in [0.25, 0.3) is 0 Å². The van der Waals surface area contributed by atoms with Gasteiger partial charge in [0.2, 0.25) is 0 Å². The molecule has 0 fully saturated rings. The van der Waals surface area contributed by atoms with E-state index >= 15 is 0 Å². The van der Waals surface area contributed by atoms with E-state index in [1.165, 1.54) is 6.34 Å². The summed E-state index contributed by atoms with van der Waals surface area (Å²) in [5.41, 5.74) is 0. The standard InChI is InChI=1S/C6H9ClN2/c1-4-9(3)5-8-6(2)7/h4-5H,1-2H2,3H3. The van der Waals surface area contributed by atoms with E-state index in [0.717, 1.165) is 0 Å². The molecule has 0 rings (SSSR count). The van der Waals surface area contributed by atoms with Crippen molar-refractivity contribution in [2.45, 2.75) is 0 Å². The summed E-state index contributed by atoms with van der Waals surface area (Å²) in [5.74, 6) is 0. The van der Waals surface area contributed by atoms with E-state index in [2.05, 4.69) is 18.2 Å². The van der Waals surface area contributed by atoms with Crippen LogP contribution in [0.4, 0.5) is 0 Å². The van der Waals surface area contributed by atoms with Crippen molar-refractivity contribution in [2.75, 3.05) is 7.05 Å². The Balaban J connectivity index is 3.69. The Morgan fingerprint density at radius 2 is 2.33 bits per heavy atom. The molecule has 3 heteroatoms. The minimum atomic E-state index is 0.267. The average molecular weight is 145 g/mol. The summed E-state index contributed by atoms with van der Waals surface area (Å²) in [6.07, 6.45) is 3.14. The Bertz CT molecular complexity index is 140. The summed E-state index contributed by atoms with van der Waals surface area (Å²) >= 11 is 5.33. The molecule has 0 saturated carbocycles. The van der Waals surface area contributed by atoms with Crippen LogP contribution in [0.5, 0.6) is 0 Å². The van der Waals surface area contributed by atoms with Gasteiger partial charge in [0.1, 0.15) is 5.16 Å². The Morgan fingerprint density at radius 3 is 2.67 bits per heavy atom. The summed E-state index contributed by atoms with van der Waals surface area (Å²) < 4.78 is 0. The van der Waals surface area contributed by atoms with Gasteiger partial charge in [-0.05, 0) is 6.20 Å². The molecule has 9 heavy (non-hydrogen) atoms. The molecule has 0 aliphatic carbocycles. The first-order valence-electron chi connectivity index (χ1n) is 2.40. The highest BCUT2D eigenvalue weighted by Gasteiger charge is 1.79. The molecule has 50 valence electrons. The molecule has 0 spiro atoms. The Kier molecular flexibility index (Phi) is 3.80. The van der Waals surface area contributed by atoms with E-state index in [0.29, 0.717) is 0 Å². The van der Waals surface area contributed by atoms with Crippen LogP contribution in [0.15, 0.2) is 29.5 Å². The zero-order chi connectivity index (χ0) is 7.28. The minimum Gasteiger partial charge on any atom is -0.343 e. The number of hydrogen-bond acceptors (Lipinski definition) is 1. The van der Waals surface area contributed by atoms with E-state index in [1.54, 1.807) is 18.1 Å². The zero-order valence-corrected chi connectivity index (χ0v) is 6.10. The zero-order valence-electron chi connectivity index (χ0n) is 5.34. The second-order valence-electron chi connectivity index (χ2n) is 1.47. The maximum Gasteiger partial charge on any atom is 0.123 e. The summed E-state index contributed by atoms with van der Waals surface area (Å²) in [7, 11) is 1.80. The third kappa shape index (κ3) is 5.11. The molecule has 0 bridgehead atoms. The molecule has 0 aliphatic rings. The first kappa shape index (κ1) is 8.24. The monoisotopic (exact) mass is 144 g/mol. The minimum absolute atomic E-state index is 0.267. The van der Waals surface area contributed by atoms with Crippen LogP contribution in [0.1, 0.15) is 0 Å². The van der Waals surface area contributed by atoms with Gasteiger partial charge in [0.05, 0.1) is 6.34 Å². The second kappa shape index (κ2) is 4.15. The normalized spacial score (nSPS) is 9.56. The van der Waals surface area contributed by atoms with Gasteiger partial charge in [-0.2, -0.15) is 0 Å². The van der Waals surface area contributed by atoms with Crippen molar-refractivity contribution in [1.29, 1.82) is 0 Å². The smallest absolute Gasteiger partial charge is 0.123 e. The fourth-order valence-corrected chi connectivity index (χ4v) is 0.244. The van der Waals surface area contributed by atoms with Crippen LogP contribution >= 0.6 is 11.6 Å². The largest absolute Gasteiger partial charge is 0.343 e. The van der Waals surface area contributed by atoms with E-state index in [9.17, 15) is 0 Å². The van der Waals surface area contributed by atoms with Crippen molar-refractivity contribution < 1.29 is 0 Å². The summed E-state index contributed by atoms with van der Waals surface area (Å²) in [6, 6.07) is 0. The predicted octanol–water partition coefficient (Wildman–Crippen LogP) is 1.80. The Labute approximate surface area is 60.1 Å². The van der Waals surface area contributed by atoms with Gasteiger partial charge < -0.3 is 4.90 Å². The highest BCUT2D eigenvalue weighted by atomic mass is 35.5. The molecular weight excluding hydrogens is 136 g/mol. The van der Waals surface area contributed by atoms with Gasteiger partial charge in [-0.25, -0.2) is 4.99 Å². The van der Waals surface area contributed by atoms with Crippen LogP contribution in [-0.2, 0) is 0 Å². The van der Waals surface area contributed by atoms with Gasteiger partial charge in [-0.3, -0.25) is 0 Å². The number of rotatable bonds is 3. The third-order valence-electron chi connectivity index (χ3n) is 0.668. The van der Waals surface area contributed by atoms with Crippen molar-refractivity contribution >= 4 is 17.9 Å². The highest BCUT2D eigenvalue weighted by molar-refractivity contribution is 6.29. The van der Waals surface area contributed by atoms with Crippen molar-refractivity contribution in [3.63, 3.8) is 0 Å². The van der Waals surface area contributed by atoms with Crippen molar-refractivity contribution in [2.24, 2.45) is 4.99 Å². The van der Waals surface area contributed by atoms with E-state index < -0.39 is 0 Å². The molecule has 0 amide bonds. The molecule has 0 aromatic carbocycles. The first-order valence-corrected chi connectivity index (χ1v) is 2.77. The fraction of sp³-hybridized carbons (Fsp3) is 0.167. The molecule has 0 unspecified atom stereocenters. The number of aliphatic imine (C=N–C) groups is 1. The van der Waals surface area contributed by atoms with Gasteiger partial charge in [0.25, 0.3) is 0 Å². The van der Waals surface area contributed by atoms with Gasteiger partial charge in [-0.1, -0.05) is 24.8 Å². The van der Waals surface area contributed by atoms with Crippen LogP contribution in [0.2, 0.25) is 0 Å². The van der Waals surface area contributed by atoms with Gasteiger partial charge in [0.15, 0.2) is 0 Å².